The molecule has 120 valence electrons. The first-order valence-electron chi connectivity index (χ1n) is 6.80. The fourth-order valence-corrected chi connectivity index (χ4v) is 2.09. The van der Waals surface area contributed by atoms with Crippen molar-refractivity contribution < 1.29 is 13.9 Å². The molecule has 23 heavy (non-hydrogen) atoms. The number of carbonyl (C=O) groups is 1. The summed E-state index contributed by atoms with van der Waals surface area (Å²) in [6, 6.07) is 6.36. The topological polar surface area (TPSA) is 56.1 Å². The van der Waals surface area contributed by atoms with Gasteiger partial charge in [0.1, 0.15) is 12.3 Å². The molecule has 0 saturated carbocycles. The van der Waals surface area contributed by atoms with E-state index in [1.807, 2.05) is 0 Å². The molecule has 0 aliphatic heterocycles. The lowest BCUT2D eigenvalue weighted by atomic mass is 10.2. The molecule has 0 bridgehead atoms. The highest BCUT2D eigenvalue weighted by Crippen LogP contribution is 2.20. The lowest BCUT2D eigenvalue weighted by Gasteiger charge is -2.09. The van der Waals surface area contributed by atoms with Crippen LogP contribution in [0.5, 0.6) is 5.75 Å². The highest BCUT2D eigenvalue weighted by atomic mass is 35.5. The summed E-state index contributed by atoms with van der Waals surface area (Å²) in [5.74, 6) is 1.67. The van der Waals surface area contributed by atoms with Gasteiger partial charge in [-0.15, -0.1) is 0 Å². The second kappa shape index (κ2) is 7.65. The molecule has 0 fully saturated rings. The third kappa shape index (κ3) is 4.24. The number of benzene rings is 1. The van der Waals surface area contributed by atoms with Gasteiger partial charge in [-0.1, -0.05) is 12.1 Å². The van der Waals surface area contributed by atoms with Crippen molar-refractivity contribution >= 4 is 17.5 Å². The smallest absolute Gasteiger partial charge is 0.269 e. The molecule has 1 heterocycles. The van der Waals surface area contributed by atoms with Crippen LogP contribution in [0.4, 0.5) is 4.39 Å². The van der Waals surface area contributed by atoms with E-state index in [1.165, 1.54) is 10.7 Å². The monoisotopic (exact) mass is 335 g/mol. The van der Waals surface area contributed by atoms with E-state index in [0.717, 1.165) is 5.69 Å². The van der Waals surface area contributed by atoms with Crippen LogP contribution >= 0.6 is 11.6 Å². The van der Waals surface area contributed by atoms with Crippen LogP contribution in [0.3, 0.4) is 0 Å². The van der Waals surface area contributed by atoms with Crippen molar-refractivity contribution in [2.24, 2.45) is 7.05 Å². The maximum absolute atomic E-state index is 14.3. The van der Waals surface area contributed by atoms with E-state index < -0.39 is 5.82 Å². The summed E-state index contributed by atoms with van der Waals surface area (Å²) in [6.45, 7) is 1.82. The predicted octanol–water partition coefficient (Wildman–Crippen LogP) is 2.38. The zero-order valence-electron chi connectivity index (χ0n) is 12.7. The molecule has 2 aromatic rings. The zero-order valence-corrected chi connectivity index (χ0v) is 13.4. The van der Waals surface area contributed by atoms with E-state index in [1.54, 1.807) is 32.2 Å². The van der Waals surface area contributed by atoms with Gasteiger partial charge in [-0.25, -0.2) is 4.39 Å². The molecular formula is C16H15ClFN3O2. The summed E-state index contributed by atoms with van der Waals surface area (Å²) in [5, 5.41) is 8.91. The Bertz CT molecular complexity index is 777. The Morgan fingerprint density at radius 2 is 2.30 bits per heavy atom. The van der Waals surface area contributed by atoms with Crippen LogP contribution in [0.1, 0.15) is 21.7 Å². The van der Waals surface area contributed by atoms with E-state index in [2.05, 4.69) is 21.7 Å². The normalized spacial score (nSPS) is 9.91. The molecule has 0 saturated heterocycles. The molecule has 7 heteroatoms. The Morgan fingerprint density at radius 1 is 1.52 bits per heavy atom. The van der Waals surface area contributed by atoms with Gasteiger partial charge in [0.05, 0.1) is 5.69 Å². The first-order chi connectivity index (χ1) is 11.0. The van der Waals surface area contributed by atoms with Crippen LogP contribution in [-0.2, 0) is 13.6 Å². The van der Waals surface area contributed by atoms with Gasteiger partial charge < -0.3 is 10.1 Å². The van der Waals surface area contributed by atoms with Crippen molar-refractivity contribution in [3.8, 4) is 17.0 Å². The lowest BCUT2D eigenvalue weighted by Crippen LogP contribution is -2.25. The number of aryl methyl sites for hydroxylation is 2. The quantitative estimate of drug-likeness (QED) is 0.854. The number of nitrogens with zero attached hydrogens (tertiary/aromatic N) is 2. The fourth-order valence-electron chi connectivity index (χ4n) is 2.03. The predicted molar refractivity (Wildman–Crippen MR) is 84.6 cm³/mol. The van der Waals surface area contributed by atoms with Crippen LogP contribution in [0.2, 0.25) is 0 Å². The highest BCUT2D eigenvalue weighted by Gasteiger charge is 2.14. The Kier molecular flexibility index (Phi) is 5.61. The number of nitrogens with one attached hydrogen (secondary N) is 1. The SMILES string of the molecule is Cc1cc(C(=O)NCc2cccc(OCC#CCl)c2F)n(C)n1. The molecule has 1 aromatic carbocycles. The van der Waals surface area contributed by atoms with Crippen molar-refractivity contribution in [3.63, 3.8) is 0 Å². The standard InChI is InChI=1S/C16H15ClFN3O2/c1-11-9-13(21(2)20-11)16(22)19-10-12-5-3-6-14(15(12)18)23-8-4-7-17/h3,5-6,9H,8,10H2,1-2H3,(H,19,22). The fraction of sp³-hybridized carbons (Fsp3) is 0.250. The number of hydrogen-bond acceptors (Lipinski definition) is 3. The Labute approximate surface area is 138 Å². The largest absolute Gasteiger partial charge is 0.478 e. The summed E-state index contributed by atoms with van der Waals surface area (Å²) in [4.78, 5) is 12.1. The minimum Gasteiger partial charge on any atom is -0.478 e. The van der Waals surface area contributed by atoms with Gasteiger partial charge in [0.2, 0.25) is 0 Å². The third-order valence-electron chi connectivity index (χ3n) is 3.08. The maximum Gasteiger partial charge on any atom is 0.269 e. The van der Waals surface area contributed by atoms with Crippen molar-refractivity contribution in [3.05, 3.63) is 47.0 Å². The molecule has 2 rings (SSSR count). The van der Waals surface area contributed by atoms with E-state index in [4.69, 9.17) is 16.3 Å². The van der Waals surface area contributed by atoms with Gasteiger partial charge in [0.15, 0.2) is 11.6 Å². The minimum atomic E-state index is -0.537. The molecule has 1 aromatic heterocycles. The summed E-state index contributed by atoms with van der Waals surface area (Å²) >= 11 is 5.21. The van der Waals surface area contributed by atoms with E-state index in [0.29, 0.717) is 11.3 Å². The molecule has 0 atom stereocenters. The molecule has 1 amide bonds. The summed E-state index contributed by atoms with van der Waals surface area (Å²) in [5.41, 5.74) is 1.46. The first-order valence-corrected chi connectivity index (χ1v) is 7.18. The Balaban J connectivity index is 2.05. The van der Waals surface area contributed by atoms with Crippen LogP contribution in [0, 0.1) is 24.0 Å². The van der Waals surface area contributed by atoms with Crippen LogP contribution < -0.4 is 10.1 Å². The van der Waals surface area contributed by atoms with Gasteiger partial charge >= 0.3 is 0 Å². The summed E-state index contributed by atoms with van der Waals surface area (Å²) in [7, 11) is 1.68. The number of ether oxygens (including phenoxy) is 1. The molecular weight excluding hydrogens is 321 g/mol. The summed E-state index contributed by atoms with van der Waals surface area (Å²) < 4.78 is 20.9. The number of hydrogen-bond donors (Lipinski definition) is 1. The Morgan fingerprint density at radius 3 is 2.96 bits per heavy atom. The van der Waals surface area contributed by atoms with E-state index in [9.17, 15) is 9.18 Å². The molecule has 0 unspecified atom stereocenters. The van der Waals surface area contributed by atoms with Crippen LogP contribution in [0.15, 0.2) is 24.3 Å². The number of rotatable bonds is 5. The number of amides is 1. The average molecular weight is 336 g/mol. The van der Waals surface area contributed by atoms with Crippen molar-refractivity contribution in [1.29, 1.82) is 0 Å². The second-order valence-corrected chi connectivity index (χ2v) is 4.96. The number of aromatic nitrogens is 2. The van der Waals surface area contributed by atoms with Crippen molar-refractivity contribution in [1.82, 2.24) is 15.1 Å². The van der Waals surface area contributed by atoms with Crippen molar-refractivity contribution in [2.75, 3.05) is 6.61 Å². The van der Waals surface area contributed by atoms with Crippen LogP contribution in [0.25, 0.3) is 0 Å². The first kappa shape index (κ1) is 16.8. The minimum absolute atomic E-state index is 0.00940. The van der Waals surface area contributed by atoms with Gasteiger partial charge in [-0.2, -0.15) is 5.10 Å². The van der Waals surface area contributed by atoms with E-state index in [-0.39, 0.29) is 24.8 Å². The van der Waals surface area contributed by atoms with Gasteiger partial charge in [0.25, 0.3) is 5.91 Å². The molecule has 0 aliphatic rings. The number of carbonyl (C=O) groups excluding carboxylic acids is 1. The van der Waals surface area contributed by atoms with E-state index >= 15 is 0 Å². The van der Waals surface area contributed by atoms with Gasteiger partial charge in [-0.05, 0) is 36.6 Å². The molecule has 1 N–H and O–H groups in total. The lowest BCUT2D eigenvalue weighted by molar-refractivity contribution is 0.0941. The molecule has 0 radical (unpaired) electrons. The van der Waals surface area contributed by atoms with Gasteiger partial charge in [-0.3, -0.25) is 9.48 Å². The highest BCUT2D eigenvalue weighted by molar-refractivity contribution is 6.30. The van der Waals surface area contributed by atoms with Crippen LogP contribution in [-0.4, -0.2) is 22.3 Å². The molecule has 5 nitrogen and oxygen atoms in total. The number of halogens is 2. The second-order valence-electron chi connectivity index (χ2n) is 4.77. The summed E-state index contributed by atoms with van der Waals surface area (Å²) in [6.07, 6.45) is 0. The zero-order chi connectivity index (χ0) is 16.8. The maximum atomic E-state index is 14.3. The van der Waals surface area contributed by atoms with Gasteiger partial charge in [0, 0.05) is 24.5 Å². The van der Waals surface area contributed by atoms with Crippen molar-refractivity contribution in [2.45, 2.75) is 13.5 Å². The Hall–Kier alpha value is -2.52. The molecule has 0 aliphatic carbocycles. The molecule has 0 spiro atoms. The third-order valence-corrected chi connectivity index (χ3v) is 3.22. The average Bonchev–Trinajstić information content (AvgIpc) is 2.86.